The Morgan fingerprint density at radius 2 is 2.29 bits per heavy atom. The number of hydrogen-bond donors (Lipinski definition) is 1. The molecule has 0 atom stereocenters. The molecule has 0 aromatic carbocycles. The van der Waals surface area contributed by atoms with Gasteiger partial charge >= 0.3 is 0 Å². The van der Waals surface area contributed by atoms with Gasteiger partial charge in [-0.05, 0) is 19.8 Å². The number of anilines is 1. The maximum atomic E-state index is 8.34. The molecule has 1 rings (SSSR count). The SMILES string of the molecule is Cc1cn(CCCCCC#N)nc1N. The Labute approximate surface area is 84.3 Å². The third-order valence-corrected chi connectivity index (χ3v) is 2.16. The van der Waals surface area contributed by atoms with Gasteiger partial charge in [-0.15, -0.1) is 0 Å². The van der Waals surface area contributed by atoms with Gasteiger partial charge in [0, 0.05) is 24.7 Å². The maximum Gasteiger partial charge on any atom is 0.148 e. The largest absolute Gasteiger partial charge is 0.382 e. The highest BCUT2D eigenvalue weighted by molar-refractivity contribution is 5.35. The van der Waals surface area contributed by atoms with E-state index >= 15 is 0 Å². The minimum Gasteiger partial charge on any atom is -0.382 e. The first-order chi connectivity index (χ1) is 6.74. The monoisotopic (exact) mass is 192 g/mol. The number of nitriles is 1. The van der Waals surface area contributed by atoms with E-state index in [1.807, 2.05) is 17.8 Å². The summed E-state index contributed by atoms with van der Waals surface area (Å²) in [5.74, 6) is 0.613. The minimum absolute atomic E-state index is 0.613. The molecule has 4 nitrogen and oxygen atoms in total. The van der Waals surface area contributed by atoms with Crippen LogP contribution in [0.25, 0.3) is 0 Å². The number of nitrogens with two attached hydrogens (primary N) is 1. The molecule has 0 aliphatic rings. The highest BCUT2D eigenvalue weighted by atomic mass is 15.3. The van der Waals surface area contributed by atoms with Crippen molar-refractivity contribution < 1.29 is 0 Å². The van der Waals surface area contributed by atoms with Crippen LogP contribution in [0.3, 0.4) is 0 Å². The molecular formula is C10H16N4. The molecule has 0 radical (unpaired) electrons. The van der Waals surface area contributed by atoms with Gasteiger partial charge in [0.15, 0.2) is 0 Å². The van der Waals surface area contributed by atoms with Crippen molar-refractivity contribution in [1.29, 1.82) is 5.26 Å². The molecule has 14 heavy (non-hydrogen) atoms. The zero-order chi connectivity index (χ0) is 10.4. The highest BCUT2D eigenvalue weighted by Crippen LogP contribution is 2.08. The lowest BCUT2D eigenvalue weighted by atomic mass is 10.2. The first-order valence-electron chi connectivity index (χ1n) is 4.90. The van der Waals surface area contributed by atoms with Crippen LogP contribution in [0.4, 0.5) is 5.82 Å². The third kappa shape index (κ3) is 3.09. The normalized spacial score (nSPS) is 10.0. The summed E-state index contributed by atoms with van der Waals surface area (Å²) < 4.78 is 1.87. The van der Waals surface area contributed by atoms with Crippen molar-refractivity contribution in [2.45, 2.75) is 39.2 Å². The van der Waals surface area contributed by atoms with E-state index in [4.69, 9.17) is 11.0 Å². The van der Waals surface area contributed by atoms with E-state index in [1.165, 1.54) is 0 Å². The van der Waals surface area contributed by atoms with Gasteiger partial charge in [0.05, 0.1) is 6.07 Å². The van der Waals surface area contributed by atoms with E-state index in [9.17, 15) is 0 Å². The summed E-state index contributed by atoms with van der Waals surface area (Å²) >= 11 is 0. The predicted molar refractivity (Wildman–Crippen MR) is 55.5 cm³/mol. The smallest absolute Gasteiger partial charge is 0.148 e. The van der Waals surface area contributed by atoms with E-state index in [-0.39, 0.29) is 0 Å². The van der Waals surface area contributed by atoms with E-state index in [2.05, 4.69) is 11.2 Å². The van der Waals surface area contributed by atoms with Crippen molar-refractivity contribution in [3.8, 4) is 6.07 Å². The van der Waals surface area contributed by atoms with Gasteiger partial charge < -0.3 is 5.73 Å². The molecule has 1 aromatic heterocycles. The molecule has 0 amide bonds. The summed E-state index contributed by atoms with van der Waals surface area (Å²) in [4.78, 5) is 0. The first kappa shape index (κ1) is 10.6. The van der Waals surface area contributed by atoms with E-state index in [1.54, 1.807) is 0 Å². The van der Waals surface area contributed by atoms with Crippen molar-refractivity contribution in [2.75, 3.05) is 5.73 Å². The summed E-state index contributed by atoms with van der Waals surface area (Å²) in [5, 5.41) is 12.5. The number of aryl methyl sites for hydroxylation is 2. The second kappa shape index (κ2) is 5.28. The van der Waals surface area contributed by atoms with E-state index < -0.39 is 0 Å². The van der Waals surface area contributed by atoms with Crippen LogP contribution in [0.1, 0.15) is 31.2 Å². The van der Waals surface area contributed by atoms with E-state index in [0.717, 1.165) is 31.4 Å². The van der Waals surface area contributed by atoms with Gasteiger partial charge in [-0.2, -0.15) is 10.4 Å². The lowest BCUT2D eigenvalue weighted by molar-refractivity contribution is 0.548. The predicted octanol–water partition coefficient (Wildman–Crippen LogP) is 1.86. The summed E-state index contributed by atoms with van der Waals surface area (Å²) in [7, 11) is 0. The molecule has 0 fully saturated rings. The minimum atomic E-state index is 0.613. The fraction of sp³-hybridized carbons (Fsp3) is 0.600. The Morgan fingerprint density at radius 1 is 1.50 bits per heavy atom. The van der Waals surface area contributed by atoms with Gasteiger partial charge in [-0.1, -0.05) is 6.42 Å². The molecule has 4 heteroatoms. The molecule has 0 aliphatic carbocycles. The zero-order valence-corrected chi connectivity index (χ0v) is 8.53. The molecule has 0 spiro atoms. The molecular weight excluding hydrogens is 176 g/mol. The second-order valence-corrected chi connectivity index (χ2v) is 3.43. The summed E-state index contributed by atoms with van der Waals surface area (Å²) in [5.41, 5.74) is 6.65. The Morgan fingerprint density at radius 3 is 2.86 bits per heavy atom. The molecule has 1 aromatic rings. The molecule has 0 saturated carbocycles. The third-order valence-electron chi connectivity index (χ3n) is 2.16. The number of nitrogen functional groups attached to an aromatic ring is 1. The van der Waals surface area contributed by atoms with Crippen LogP contribution in [0.15, 0.2) is 6.20 Å². The number of aromatic nitrogens is 2. The van der Waals surface area contributed by atoms with E-state index in [0.29, 0.717) is 12.2 Å². The first-order valence-corrected chi connectivity index (χ1v) is 4.90. The van der Waals surface area contributed by atoms with Crippen LogP contribution < -0.4 is 5.73 Å². The van der Waals surface area contributed by atoms with Crippen molar-refractivity contribution in [1.82, 2.24) is 9.78 Å². The number of nitrogens with zero attached hydrogens (tertiary/aromatic N) is 3. The van der Waals surface area contributed by atoms with Crippen molar-refractivity contribution >= 4 is 5.82 Å². The van der Waals surface area contributed by atoms with Gasteiger partial charge in [-0.25, -0.2) is 0 Å². The van der Waals surface area contributed by atoms with Gasteiger partial charge in [0.2, 0.25) is 0 Å². The second-order valence-electron chi connectivity index (χ2n) is 3.43. The standard InChI is InChI=1S/C10H16N4/c1-9-8-14(13-10(9)12)7-5-3-2-4-6-11/h8H,2-5,7H2,1H3,(H2,12,13). The molecule has 2 N–H and O–H groups in total. The van der Waals surface area contributed by atoms with Crippen molar-refractivity contribution in [2.24, 2.45) is 0 Å². The fourth-order valence-electron chi connectivity index (χ4n) is 1.30. The molecule has 0 bridgehead atoms. The van der Waals surface area contributed by atoms with Crippen LogP contribution in [0.5, 0.6) is 0 Å². The Kier molecular flexibility index (Phi) is 3.99. The van der Waals surface area contributed by atoms with Crippen LogP contribution in [-0.4, -0.2) is 9.78 Å². The topological polar surface area (TPSA) is 67.6 Å². The van der Waals surface area contributed by atoms with Gasteiger partial charge in [-0.3, -0.25) is 4.68 Å². The molecule has 1 heterocycles. The lowest BCUT2D eigenvalue weighted by Gasteiger charge is -1.99. The van der Waals surface area contributed by atoms with Crippen LogP contribution in [-0.2, 0) is 6.54 Å². The maximum absolute atomic E-state index is 8.34. The van der Waals surface area contributed by atoms with Crippen molar-refractivity contribution in [3.05, 3.63) is 11.8 Å². The molecule has 0 aliphatic heterocycles. The fourth-order valence-corrected chi connectivity index (χ4v) is 1.30. The van der Waals surface area contributed by atoms with Gasteiger partial charge in [0.25, 0.3) is 0 Å². The quantitative estimate of drug-likeness (QED) is 0.724. The lowest BCUT2D eigenvalue weighted by Crippen LogP contribution is -1.99. The average molecular weight is 192 g/mol. The Hall–Kier alpha value is -1.50. The van der Waals surface area contributed by atoms with Crippen molar-refractivity contribution in [3.63, 3.8) is 0 Å². The molecule has 0 unspecified atom stereocenters. The Balaban J connectivity index is 2.22. The number of unbranched alkanes of at least 4 members (excludes halogenated alkanes) is 3. The van der Waals surface area contributed by atoms with Gasteiger partial charge in [0.1, 0.15) is 5.82 Å². The summed E-state index contributed by atoms with van der Waals surface area (Å²) in [6.07, 6.45) is 5.72. The van der Waals surface area contributed by atoms with Crippen LogP contribution in [0, 0.1) is 18.3 Å². The summed E-state index contributed by atoms with van der Waals surface area (Å²) in [6.45, 7) is 2.85. The molecule has 76 valence electrons. The summed E-state index contributed by atoms with van der Waals surface area (Å²) in [6, 6.07) is 2.14. The highest BCUT2D eigenvalue weighted by Gasteiger charge is 1.99. The molecule has 0 saturated heterocycles. The van der Waals surface area contributed by atoms with Crippen LogP contribution >= 0.6 is 0 Å². The zero-order valence-electron chi connectivity index (χ0n) is 8.53. The average Bonchev–Trinajstić information content (AvgIpc) is 2.46. The number of rotatable bonds is 5. The van der Waals surface area contributed by atoms with Crippen LogP contribution in [0.2, 0.25) is 0 Å². The Bertz CT molecular complexity index is 302. The number of hydrogen-bond acceptors (Lipinski definition) is 3.